The zero-order valence-corrected chi connectivity index (χ0v) is 15.5. The minimum Gasteiger partial charge on any atom is -0.348 e. The van der Waals surface area contributed by atoms with Crippen molar-refractivity contribution >= 4 is 29.9 Å². The number of halogens is 2. The summed E-state index contributed by atoms with van der Waals surface area (Å²) in [5.41, 5.74) is 0.724. The lowest BCUT2D eigenvalue weighted by atomic mass is 10.3. The van der Waals surface area contributed by atoms with Crippen LogP contribution in [0.1, 0.15) is 36.7 Å². The fourth-order valence-electron chi connectivity index (χ4n) is 2.13. The number of aryl methyl sites for hydroxylation is 1. The Hall–Kier alpha value is -1.63. The van der Waals surface area contributed by atoms with Gasteiger partial charge in [-0.2, -0.15) is 0 Å². The van der Waals surface area contributed by atoms with Crippen LogP contribution in [0.2, 0.25) is 5.02 Å². The average Bonchev–Trinajstić information content (AvgIpc) is 2.99. The van der Waals surface area contributed by atoms with Crippen LogP contribution in [0, 0.1) is 0 Å². The van der Waals surface area contributed by atoms with Crippen LogP contribution in [-0.4, -0.2) is 40.3 Å². The van der Waals surface area contributed by atoms with Gasteiger partial charge < -0.3 is 10.6 Å². The van der Waals surface area contributed by atoms with Crippen LogP contribution < -0.4 is 10.6 Å². The van der Waals surface area contributed by atoms with Crippen molar-refractivity contribution in [2.75, 3.05) is 19.6 Å². The summed E-state index contributed by atoms with van der Waals surface area (Å²) in [5, 5.41) is 10.9. The van der Waals surface area contributed by atoms with E-state index in [-0.39, 0.29) is 24.1 Å². The first-order valence-electron chi connectivity index (χ1n) is 7.87. The van der Waals surface area contributed by atoms with Gasteiger partial charge in [0.25, 0.3) is 5.91 Å². The van der Waals surface area contributed by atoms with Crippen molar-refractivity contribution in [2.24, 2.45) is 0 Å². The van der Waals surface area contributed by atoms with Crippen molar-refractivity contribution in [1.29, 1.82) is 0 Å². The van der Waals surface area contributed by atoms with Crippen LogP contribution >= 0.6 is 24.0 Å². The second kappa shape index (κ2) is 10.3. The molecule has 0 aliphatic rings. The third kappa shape index (κ3) is 5.19. The van der Waals surface area contributed by atoms with E-state index in [9.17, 15) is 4.79 Å². The summed E-state index contributed by atoms with van der Waals surface area (Å²) in [7, 11) is 0. The molecule has 0 aliphatic carbocycles. The van der Waals surface area contributed by atoms with Crippen molar-refractivity contribution in [3.63, 3.8) is 0 Å². The summed E-state index contributed by atoms with van der Waals surface area (Å²) >= 11 is 6.21. The van der Waals surface area contributed by atoms with E-state index < -0.39 is 0 Å². The number of benzene rings is 1. The molecule has 1 amide bonds. The fraction of sp³-hybridized carbons (Fsp3) is 0.438. The van der Waals surface area contributed by atoms with Crippen molar-refractivity contribution in [3.8, 4) is 5.69 Å². The van der Waals surface area contributed by atoms with E-state index in [0.717, 1.165) is 25.2 Å². The molecule has 1 heterocycles. The summed E-state index contributed by atoms with van der Waals surface area (Å²) in [6.07, 6.45) is 1.72. The average molecular weight is 372 g/mol. The number of nitrogens with zero attached hydrogens (tertiary/aromatic N) is 3. The first-order chi connectivity index (χ1) is 11.2. The maximum absolute atomic E-state index is 12.2. The van der Waals surface area contributed by atoms with Gasteiger partial charge in [-0.3, -0.25) is 4.79 Å². The van der Waals surface area contributed by atoms with Gasteiger partial charge in [-0.05, 0) is 25.1 Å². The highest BCUT2D eigenvalue weighted by Crippen LogP contribution is 2.20. The van der Waals surface area contributed by atoms with E-state index in [1.807, 2.05) is 25.1 Å². The number of hydrogen-bond acceptors (Lipinski definition) is 4. The quantitative estimate of drug-likeness (QED) is 0.699. The molecule has 8 heteroatoms. The Bertz CT molecular complexity index is 660. The number of para-hydroxylation sites is 1. The second-order valence-electron chi connectivity index (χ2n) is 5.07. The maximum atomic E-state index is 12.2. The first kappa shape index (κ1) is 20.4. The van der Waals surface area contributed by atoms with E-state index in [1.165, 1.54) is 0 Å². The normalized spacial score (nSPS) is 10.3. The number of hydrogen-bond donors (Lipinski definition) is 2. The predicted octanol–water partition coefficient (Wildman–Crippen LogP) is 2.63. The molecule has 6 nitrogen and oxygen atoms in total. The monoisotopic (exact) mass is 371 g/mol. The predicted molar refractivity (Wildman–Crippen MR) is 98.5 cm³/mol. The second-order valence-corrected chi connectivity index (χ2v) is 5.48. The Morgan fingerprint density at radius 1 is 1.21 bits per heavy atom. The number of nitrogens with one attached hydrogen (secondary N) is 2. The van der Waals surface area contributed by atoms with Crippen molar-refractivity contribution in [1.82, 2.24) is 25.4 Å². The van der Waals surface area contributed by atoms with Gasteiger partial charge in [0.1, 0.15) is 5.82 Å². The van der Waals surface area contributed by atoms with Crippen LogP contribution in [0.3, 0.4) is 0 Å². The van der Waals surface area contributed by atoms with Crippen LogP contribution in [0.25, 0.3) is 5.69 Å². The summed E-state index contributed by atoms with van der Waals surface area (Å²) in [6, 6.07) is 7.37. The standard InChI is InChI=1S/C16H22ClN5O.ClH/c1-3-9-18-10-11-19-16(23)15-20-14(4-2)22(21-15)13-8-6-5-7-12(13)17;/h5-8,18H,3-4,9-11H2,1-2H3,(H,19,23);1H. The summed E-state index contributed by atoms with van der Waals surface area (Å²) in [4.78, 5) is 16.5. The molecule has 0 saturated heterocycles. The SMILES string of the molecule is CCCNCCNC(=O)c1nc(CC)n(-c2ccccc2Cl)n1.Cl. The van der Waals surface area contributed by atoms with Gasteiger partial charge in [-0.25, -0.2) is 9.67 Å². The molecule has 24 heavy (non-hydrogen) atoms. The lowest BCUT2D eigenvalue weighted by Crippen LogP contribution is -2.32. The molecule has 0 unspecified atom stereocenters. The Morgan fingerprint density at radius 3 is 2.62 bits per heavy atom. The molecule has 1 aromatic carbocycles. The largest absolute Gasteiger partial charge is 0.348 e. The third-order valence-corrected chi connectivity index (χ3v) is 3.61. The smallest absolute Gasteiger partial charge is 0.291 e. The molecule has 2 aromatic rings. The zero-order chi connectivity index (χ0) is 16.7. The molecule has 2 N–H and O–H groups in total. The highest BCUT2D eigenvalue weighted by atomic mass is 35.5. The summed E-state index contributed by atoms with van der Waals surface area (Å²) in [5.74, 6) is 0.591. The molecule has 0 radical (unpaired) electrons. The lowest BCUT2D eigenvalue weighted by molar-refractivity contribution is 0.0943. The molecule has 2 rings (SSSR count). The number of aromatic nitrogens is 3. The Balaban J connectivity index is 0.00000288. The Morgan fingerprint density at radius 2 is 1.96 bits per heavy atom. The molecular weight excluding hydrogens is 349 g/mol. The van der Waals surface area contributed by atoms with Crippen LogP contribution in [-0.2, 0) is 6.42 Å². The Kier molecular flexibility index (Phi) is 8.74. The zero-order valence-electron chi connectivity index (χ0n) is 13.9. The van der Waals surface area contributed by atoms with E-state index in [0.29, 0.717) is 23.8 Å². The topological polar surface area (TPSA) is 71.8 Å². The van der Waals surface area contributed by atoms with Crippen molar-refractivity contribution < 1.29 is 4.79 Å². The van der Waals surface area contributed by atoms with Crippen molar-refractivity contribution in [2.45, 2.75) is 26.7 Å². The highest BCUT2D eigenvalue weighted by Gasteiger charge is 2.17. The molecule has 0 saturated carbocycles. The minimum absolute atomic E-state index is 0. The van der Waals surface area contributed by atoms with Crippen LogP contribution in [0.15, 0.2) is 24.3 Å². The molecule has 132 valence electrons. The third-order valence-electron chi connectivity index (χ3n) is 3.29. The maximum Gasteiger partial charge on any atom is 0.291 e. The van der Waals surface area contributed by atoms with E-state index in [2.05, 4.69) is 27.6 Å². The molecule has 0 spiro atoms. The van der Waals surface area contributed by atoms with Crippen LogP contribution in [0.4, 0.5) is 0 Å². The van der Waals surface area contributed by atoms with Gasteiger partial charge in [-0.1, -0.05) is 37.6 Å². The van der Waals surface area contributed by atoms with E-state index in [4.69, 9.17) is 11.6 Å². The molecule has 1 aromatic heterocycles. The molecule has 0 fully saturated rings. The van der Waals surface area contributed by atoms with Gasteiger partial charge in [0.15, 0.2) is 0 Å². The van der Waals surface area contributed by atoms with E-state index in [1.54, 1.807) is 10.7 Å². The summed E-state index contributed by atoms with van der Waals surface area (Å²) < 4.78 is 1.63. The van der Waals surface area contributed by atoms with Crippen molar-refractivity contribution in [3.05, 3.63) is 40.9 Å². The molecule has 0 bridgehead atoms. The first-order valence-corrected chi connectivity index (χ1v) is 8.24. The molecule has 0 atom stereocenters. The fourth-order valence-corrected chi connectivity index (χ4v) is 2.35. The van der Waals surface area contributed by atoms with Crippen LogP contribution in [0.5, 0.6) is 0 Å². The lowest BCUT2D eigenvalue weighted by Gasteiger charge is -2.05. The molecule has 0 aliphatic heterocycles. The summed E-state index contributed by atoms with van der Waals surface area (Å²) in [6.45, 7) is 6.28. The van der Waals surface area contributed by atoms with Gasteiger partial charge in [0.2, 0.25) is 5.82 Å². The molecular formula is C16H23Cl2N5O. The number of amides is 1. The minimum atomic E-state index is -0.274. The van der Waals surface area contributed by atoms with Gasteiger partial charge >= 0.3 is 0 Å². The van der Waals surface area contributed by atoms with Gasteiger partial charge in [0, 0.05) is 19.5 Å². The number of carbonyl (C=O) groups is 1. The van der Waals surface area contributed by atoms with Gasteiger partial charge in [0.05, 0.1) is 10.7 Å². The van der Waals surface area contributed by atoms with Gasteiger partial charge in [-0.15, -0.1) is 17.5 Å². The number of carbonyl (C=O) groups excluding carboxylic acids is 1. The van der Waals surface area contributed by atoms with E-state index >= 15 is 0 Å². The number of rotatable bonds is 8. The Labute approximate surface area is 153 Å². The highest BCUT2D eigenvalue weighted by molar-refractivity contribution is 6.32.